The van der Waals surface area contributed by atoms with Crippen LogP contribution in [0, 0.1) is 5.92 Å². The molecule has 1 aromatic heterocycles. The minimum atomic E-state index is -0.104. The first kappa shape index (κ1) is 21.3. The molecule has 31 heavy (non-hydrogen) atoms. The number of ether oxygens (including phenoxy) is 2. The van der Waals surface area contributed by atoms with Crippen LogP contribution in [-0.4, -0.2) is 37.3 Å². The molecule has 0 unspecified atom stereocenters. The fourth-order valence-electron chi connectivity index (χ4n) is 3.51. The predicted octanol–water partition coefficient (Wildman–Crippen LogP) is 4.99. The Morgan fingerprint density at radius 3 is 2.23 bits per heavy atom. The summed E-state index contributed by atoms with van der Waals surface area (Å²) >= 11 is 5.98. The van der Waals surface area contributed by atoms with Gasteiger partial charge in [0.15, 0.2) is 6.61 Å². The number of hydrogen-bond acceptors (Lipinski definition) is 4. The molecule has 0 radical (unpaired) electrons. The third-order valence-corrected chi connectivity index (χ3v) is 5.59. The molecule has 1 saturated heterocycles. The molecule has 0 spiro atoms. The van der Waals surface area contributed by atoms with Crippen LogP contribution < -0.4 is 10.1 Å². The van der Waals surface area contributed by atoms with E-state index >= 15 is 0 Å². The summed E-state index contributed by atoms with van der Waals surface area (Å²) in [5.41, 5.74) is 3.74. The first-order valence-corrected chi connectivity index (χ1v) is 10.9. The summed E-state index contributed by atoms with van der Waals surface area (Å²) in [6.07, 6.45) is 1.99. The van der Waals surface area contributed by atoms with E-state index in [1.165, 1.54) is 0 Å². The summed E-state index contributed by atoms with van der Waals surface area (Å²) in [5, 5.41) is 3.65. The number of pyridine rings is 1. The van der Waals surface area contributed by atoms with Crippen molar-refractivity contribution in [3.8, 4) is 28.3 Å². The minimum Gasteiger partial charge on any atom is -0.484 e. The van der Waals surface area contributed by atoms with Crippen molar-refractivity contribution in [1.82, 2.24) is 10.3 Å². The maximum Gasteiger partial charge on any atom is 0.257 e. The Morgan fingerprint density at radius 1 is 0.968 bits per heavy atom. The maximum absolute atomic E-state index is 12.1. The Bertz CT molecular complexity index is 1000. The average molecular weight is 437 g/mol. The van der Waals surface area contributed by atoms with Gasteiger partial charge in [-0.1, -0.05) is 29.8 Å². The van der Waals surface area contributed by atoms with Gasteiger partial charge >= 0.3 is 0 Å². The van der Waals surface area contributed by atoms with E-state index in [0.717, 1.165) is 48.6 Å². The van der Waals surface area contributed by atoms with E-state index in [1.807, 2.05) is 66.7 Å². The third kappa shape index (κ3) is 6.06. The number of nitrogens with one attached hydrogen (secondary N) is 1. The first-order chi connectivity index (χ1) is 15.2. The minimum absolute atomic E-state index is 0.00681. The van der Waals surface area contributed by atoms with E-state index in [2.05, 4.69) is 5.32 Å². The van der Waals surface area contributed by atoms with Gasteiger partial charge < -0.3 is 14.8 Å². The van der Waals surface area contributed by atoms with Gasteiger partial charge in [-0.2, -0.15) is 0 Å². The SMILES string of the molecule is O=C(COc1ccc(-c2cccc(-c3ccc(Cl)cc3)n2)cc1)NCC1CCOCC1. The molecule has 5 nitrogen and oxygen atoms in total. The Hall–Kier alpha value is -2.89. The van der Waals surface area contributed by atoms with Crippen LogP contribution in [0.25, 0.3) is 22.5 Å². The summed E-state index contributed by atoms with van der Waals surface area (Å²) in [5.74, 6) is 1.04. The molecule has 1 fully saturated rings. The summed E-state index contributed by atoms with van der Waals surface area (Å²) in [4.78, 5) is 16.8. The molecule has 160 valence electrons. The number of nitrogens with zero attached hydrogens (tertiary/aromatic N) is 1. The monoisotopic (exact) mass is 436 g/mol. The van der Waals surface area contributed by atoms with Crippen LogP contribution in [0.5, 0.6) is 5.75 Å². The lowest BCUT2D eigenvalue weighted by Gasteiger charge is -2.22. The molecule has 0 aliphatic carbocycles. The number of hydrogen-bond donors (Lipinski definition) is 1. The average Bonchev–Trinajstić information content (AvgIpc) is 2.83. The lowest BCUT2D eigenvalue weighted by atomic mass is 10.0. The van der Waals surface area contributed by atoms with Gasteiger partial charge in [-0.15, -0.1) is 0 Å². The fourth-order valence-corrected chi connectivity index (χ4v) is 3.63. The maximum atomic E-state index is 12.1. The van der Waals surface area contributed by atoms with Crippen LogP contribution in [-0.2, 0) is 9.53 Å². The van der Waals surface area contributed by atoms with Gasteiger partial charge in [-0.05, 0) is 67.3 Å². The lowest BCUT2D eigenvalue weighted by Crippen LogP contribution is -2.35. The molecule has 3 aromatic rings. The van der Waals surface area contributed by atoms with Crippen molar-refractivity contribution in [3.05, 3.63) is 71.8 Å². The van der Waals surface area contributed by atoms with Gasteiger partial charge in [-0.25, -0.2) is 4.98 Å². The summed E-state index contributed by atoms with van der Waals surface area (Å²) < 4.78 is 11.0. The standard InChI is InChI=1S/C25H25ClN2O3/c26-21-8-4-19(5-9-21)23-2-1-3-24(28-23)20-6-10-22(11-7-20)31-17-25(29)27-16-18-12-14-30-15-13-18/h1-11,18H,12-17H2,(H,27,29). The zero-order valence-electron chi connectivity index (χ0n) is 17.2. The van der Waals surface area contributed by atoms with E-state index in [0.29, 0.717) is 23.2 Å². The highest BCUT2D eigenvalue weighted by Gasteiger charge is 2.14. The largest absolute Gasteiger partial charge is 0.484 e. The van der Waals surface area contributed by atoms with Crippen LogP contribution in [0.4, 0.5) is 0 Å². The zero-order valence-corrected chi connectivity index (χ0v) is 18.0. The van der Waals surface area contributed by atoms with Crippen molar-refractivity contribution in [3.63, 3.8) is 0 Å². The number of benzene rings is 2. The highest BCUT2D eigenvalue weighted by atomic mass is 35.5. The second kappa shape index (κ2) is 10.4. The Kier molecular flexibility index (Phi) is 7.18. The zero-order chi connectivity index (χ0) is 21.5. The van der Waals surface area contributed by atoms with Crippen LogP contribution in [0.3, 0.4) is 0 Å². The van der Waals surface area contributed by atoms with Crippen molar-refractivity contribution < 1.29 is 14.3 Å². The number of carbonyl (C=O) groups is 1. The molecule has 6 heteroatoms. The second-order valence-corrected chi connectivity index (χ2v) is 8.02. The quantitative estimate of drug-likeness (QED) is 0.566. The van der Waals surface area contributed by atoms with Gasteiger partial charge in [0.2, 0.25) is 0 Å². The molecule has 0 saturated carbocycles. The molecule has 1 N–H and O–H groups in total. The highest BCUT2D eigenvalue weighted by Crippen LogP contribution is 2.25. The normalized spacial score (nSPS) is 14.2. The highest BCUT2D eigenvalue weighted by molar-refractivity contribution is 6.30. The van der Waals surface area contributed by atoms with Gasteiger partial charge in [0.25, 0.3) is 5.91 Å². The number of rotatable bonds is 7. The molecule has 2 heterocycles. The Morgan fingerprint density at radius 2 is 1.58 bits per heavy atom. The van der Waals surface area contributed by atoms with E-state index in [-0.39, 0.29) is 12.5 Å². The summed E-state index contributed by atoms with van der Waals surface area (Å²) in [6, 6.07) is 21.2. The Labute approximate surface area is 187 Å². The summed E-state index contributed by atoms with van der Waals surface area (Å²) in [7, 11) is 0. The molecule has 1 aliphatic rings. The van der Waals surface area contributed by atoms with E-state index < -0.39 is 0 Å². The molecule has 0 bridgehead atoms. The van der Waals surface area contributed by atoms with E-state index in [4.69, 9.17) is 26.1 Å². The molecule has 1 amide bonds. The van der Waals surface area contributed by atoms with Crippen LogP contribution in [0.2, 0.25) is 5.02 Å². The predicted molar refractivity (Wildman–Crippen MR) is 122 cm³/mol. The van der Waals surface area contributed by atoms with Crippen molar-refractivity contribution in [2.24, 2.45) is 5.92 Å². The second-order valence-electron chi connectivity index (χ2n) is 7.59. The van der Waals surface area contributed by atoms with Crippen molar-refractivity contribution in [2.45, 2.75) is 12.8 Å². The van der Waals surface area contributed by atoms with Crippen LogP contribution in [0.1, 0.15) is 12.8 Å². The van der Waals surface area contributed by atoms with Crippen molar-refractivity contribution >= 4 is 17.5 Å². The molecular weight excluding hydrogens is 412 g/mol. The number of carbonyl (C=O) groups excluding carboxylic acids is 1. The Balaban J connectivity index is 1.32. The molecular formula is C25H25ClN2O3. The van der Waals surface area contributed by atoms with Crippen LogP contribution in [0.15, 0.2) is 66.7 Å². The van der Waals surface area contributed by atoms with Gasteiger partial charge in [0, 0.05) is 35.9 Å². The molecule has 2 aromatic carbocycles. The van der Waals surface area contributed by atoms with Crippen molar-refractivity contribution in [1.29, 1.82) is 0 Å². The lowest BCUT2D eigenvalue weighted by molar-refractivity contribution is -0.123. The van der Waals surface area contributed by atoms with Gasteiger partial charge in [0.05, 0.1) is 11.4 Å². The molecule has 4 rings (SSSR count). The number of amides is 1. The van der Waals surface area contributed by atoms with Crippen molar-refractivity contribution in [2.75, 3.05) is 26.4 Å². The van der Waals surface area contributed by atoms with Gasteiger partial charge in [-0.3, -0.25) is 4.79 Å². The first-order valence-electron chi connectivity index (χ1n) is 10.5. The number of aromatic nitrogens is 1. The smallest absolute Gasteiger partial charge is 0.257 e. The number of halogens is 1. The topological polar surface area (TPSA) is 60.5 Å². The summed E-state index contributed by atoms with van der Waals surface area (Å²) in [6.45, 7) is 2.24. The third-order valence-electron chi connectivity index (χ3n) is 5.34. The van der Waals surface area contributed by atoms with E-state index in [9.17, 15) is 4.79 Å². The van der Waals surface area contributed by atoms with Gasteiger partial charge in [0.1, 0.15) is 5.75 Å². The fraction of sp³-hybridized carbons (Fsp3) is 0.280. The van der Waals surface area contributed by atoms with Crippen LogP contribution >= 0.6 is 11.6 Å². The van der Waals surface area contributed by atoms with E-state index in [1.54, 1.807) is 0 Å². The molecule has 1 aliphatic heterocycles. The molecule has 0 atom stereocenters.